The van der Waals surface area contributed by atoms with E-state index in [1.807, 2.05) is 37.3 Å². The Hall–Kier alpha value is -3.15. The van der Waals surface area contributed by atoms with Crippen molar-refractivity contribution in [3.05, 3.63) is 59.5 Å². The third-order valence-electron chi connectivity index (χ3n) is 4.61. The smallest absolute Gasteiger partial charge is 0.287 e. The average Bonchev–Trinajstić information content (AvgIpc) is 3.24. The average molecular weight is 349 g/mol. The molecular formula is C20H19N3O3. The summed E-state index contributed by atoms with van der Waals surface area (Å²) in [6.45, 7) is 4.19. The summed E-state index contributed by atoms with van der Waals surface area (Å²) in [5.74, 6) is -0.401. The first-order chi connectivity index (χ1) is 12.5. The van der Waals surface area contributed by atoms with E-state index in [2.05, 4.69) is 10.3 Å². The number of furan rings is 1. The largest absolute Gasteiger partial charge is 0.449 e. The summed E-state index contributed by atoms with van der Waals surface area (Å²) in [6, 6.07) is 12.4. The summed E-state index contributed by atoms with van der Waals surface area (Å²) < 4.78 is 5.55. The number of carbonyl (C=O) groups excluding carboxylic acids is 2. The van der Waals surface area contributed by atoms with Crippen molar-refractivity contribution in [1.82, 2.24) is 10.3 Å². The number of fused-ring (bicyclic) bond motifs is 2. The number of nitrogens with one attached hydrogen (secondary N) is 1. The number of benzene rings is 1. The van der Waals surface area contributed by atoms with E-state index in [4.69, 9.17) is 4.42 Å². The molecule has 0 saturated carbocycles. The monoisotopic (exact) mass is 349 g/mol. The molecule has 3 heterocycles. The number of rotatable bonds is 3. The van der Waals surface area contributed by atoms with E-state index in [1.165, 1.54) is 0 Å². The van der Waals surface area contributed by atoms with Crippen LogP contribution in [0.2, 0.25) is 0 Å². The van der Waals surface area contributed by atoms with Gasteiger partial charge in [-0.2, -0.15) is 0 Å². The fourth-order valence-electron chi connectivity index (χ4n) is 3.27. The number of hydrogen-bond donors (Lipinski definition) is 1. The van der Waals surface area contributed by atoms with Crippen molar-refractivity contribution in [1.29, 1.82) is 0 Å². The predicted molar refractivity (Wildman–Crippen MR) is 98.2 cm³/mol. The molecule has 132 valence electrons. The molecule has 0 saturated heterocycles. The molecule has 26 heavy (non-hydrogen) atoms. The van der Waals surface area contributed by atoms with E-state index in [0.29, 0.717) is 17.6 Å². The highest BCUT2D eigenvalue weighted by atomic mass is 16.3. The number of carbonyl (C=O) groups is 2. The molecule has 1 atom stereocenters. The van der Waals surface area contributed by atoms with Crippen LogP contribution in [0, 0.1) is 6.92 Å². The second kappa shape index (κ2) is 6.29. The van der Waals surface area contributed by atoms with Gasteiger partial charge in [0, 0.05) is 24.0 Å². The molecule has 6 heteroatoms. The Balaban J connectivity index is 1.49. The molecule has 1 aliphatic rings. The lowest BCUT2D eigenvalue weighted by Gasteiger charge is -2.22. The third-order valence-corrected chi connectivity index (χ3v) is 4.61. The number of para-hydroxylation sites is 1. The van der Waals surface area contributed by atoms with Gasteiger partial charge in [0.2, 0.25) is 5.91 Å². The van der Waals surface area contributed by atoms with E-state index < -0.39 is 11.9 Å². The van der Waals surface area contributed by atoms with Crippen LogP contribution in [0.25, 0.3) is 11.1 Å². The Bertz CT molecular complexity index is 1010. The Morgan fingerprint density at radius 2 is 2.04 bits per heavy atom. The number of pyridine rings is 1. The molecule has 0 unspecified atom stereocenters. The SMILES string of the molecule is Cc1ccc2oc(C(=O)N[C@H](C)C(=O)N3CCc4ccccc43)cc2n1. The minimum absolute atomic E-state index is 0.131. The first kappa shape index (κ1) is 16.3. The number of amides is 2. The third kappa shape index (κ3) is 2.83. The van der Waals surface area contributed by atoms with Crippen LogP contribution in [0.1, 0.15) is 28.7 Å². The van der Waals surface area contributed by atoms with Crippen molar-refractivity contribution in [2.24, 2.45) is 0 Å². The fraction of sp³-hybridized carbons (Fsp3) is 0.250. The van der Waals surface area contributed by atoms with Crippen LogP contribution in [0.4, 0.5) is 5.69 Å². The summed E-state index contributed by atoms with van der Waals surface area (Å²) in [6.07, 6.45) is 0.831. The Labute approximate surface area is 150 Å². The van der Waals surface area contributed by atoms with E-state index in [1.54, 1.807) is 24.0 Å². The summed E-state index contributed by atoms with van der Waals surface area (Å²) in [7, 11) is 0. The molecule has 1 N–H and O–H groups in total. The second-order valence-electron chi connectivity index (χ2n) is 6.51. The standard InChI is InChI=1S/C20H19N3O3/c1-12-7-8-17-15(21-12)11-18(26-17)19(24)22-13(2)20(25)23-10-9-14-5-3-4-6-16(14)23/h3-8,11,13H,9-10H2,1-2H3,(H,22,24)/t13-/m1/s1. The van der Waals surface area contributed by atoms with Crippen LogP contribution in [0.5, 0.6) is 0 Å². The molecule has 3 aromatic rings. The van der Waals surface area contributed by atoms with Crippen LogP contribution in [-0.4, -0.2) is 29.4 Å². The molecule has 1 aromatic carbocycles. The van der Waals surface area contributed by atoms with Gasteiger partial charge in [-0.15, -0.1) is 0 Å². The summed E-state index contributed by atoms with van der Waals surface area (Å²) in [4.78, 5) is 31.3. The van der Waals surface area contributed by atoms with E-state index in [0.717, 1.165) is 23.4 Å². The first-order valence-corrected chi connectivity index (χ1v) is 8.60. The van der Waals surface area contributed by atoms with Crippen molar-refractivity contribution < 1.29 is 14.0 Å². The lowest BCUT2D eigenvalue weighted by molar-refractivity contribution is -0.119. The highest BCUT2D eigenvalue weighted by Gasteiger charge is 2.29. The first-order valence-electron chi connectivity index (χ1n) is 8.60. The maximum absolute atomic E-state index is 12.8. The van der Waals surface area contributed by atoms with Crippen molar-refractivity contribution in [3.8, 4) is 0 Å². The maximum atomic E-state index is 12.8. The molecule has 2 aromatic heterocycles. The van der Waals surface area contributed by atoms with E-state index >= 15 is 0 Å². The number of aromatic nitrogens is 1. The van der Waals surface area contributed by atoms with Crippen LogP contribution in [0.15, 0.2) is 46.9 Å². The van der Waals surface area contributed by atoms with Gasteiger partial charge in [0.05, 0.1) is 0 Å². The second-order valence-corrected chi connectivity index (χ2v) is 6.51. The minimum Gasteiger partial charge on any atom is -0.449 e. The van der Waals surface area contributed by atoms with Gasteiger partial charge in [-0.1, -0.05) is 18.2 Å². The number of anilines is 1. The van der Waals surface area contributed by atoms with Gasteiger partial charge in [-0.25, -0.2) is 4.98 Å². The van der Waals surface area contributed by atoms with Gasteiger partial charge in [0.1, 0.15) is 11.6 Å². The molecule has 1 aliphatic heterocycles. The minimum atomic E-state index is -0.656. The molecular weight excluding hydrogens is 330 g/mol. The molecule has 0 aliphatic carbocycles. The Morgan fingerprint density at radius 3 is 2.88 bits per heavy atom. The fourth-order valence-corrected chi connectivity index (χ4v) is 3.27. The summed E-state index contributed by atoms with van der Waals surface area (Å²) >= 11 is 0. The highest BCUT2D eigenvalue weighted by Crippen LogP contribution is 2.28. The normalized spacial score (nSPS) is 14.3. The maximum Gasteiger partial charge on any atom is 0.287 e. The van der Waals surface area contributed by atoms with Crippen molar-refractivity contribution in [2.45, 2.75) is 26.3 Å². The zero-order valence-corrected chi connectivity index (χ0v) is 14.7. The van der Waals surface area contributed by atoms with Gasteiger partial charge >= 0.3 is 0 Å². The zero-order valence-electron chi connectivity index (χ0n) is 14.7. The lowest BCUT2D eigenvalue weighted by Crippen LogP contribution is -2.46. The number of aryl methyl sites for hydroxylation is 1. The molecule has 0 spiro atoms. The van der Waals surface area contributed by atoms with Crippen molar-refractivity contribution in [2.75, 3.05) is 11.4 Å². The molecule has 0 bridgehead atoms. The Kier molecular flexibility index (Phi) is 3.95. The van der Waals surface area contributed by atoms with Crippen molar-refractivity contribution in [3.63, 3.8) is 0 Å². The van der Waals surface area contributed by atoms with Crippen LogP contribution in [-0.2, 0) is 11.2 Å². The van der Waals surface area contributed by atoms with Crippen LogP contribution < -0.4 is 10.2 Å². The quantitative estimate of drug-likeness (QED) is 0.789. The van der Waals surface area contributed by atoms with Gasteiger partial charge in [-0.3, -0.25) is 9.59 Å². The number of hydrogen-bond acceptors (Lipinski definition) is 4. The number of nitrogens with zero attached hydrogens (tertiary/aromatic N) is 2. The molecule has 4 rings (SSSR count). The van der Waals surface area contributed by atoms with Crippen LogP contribution >= 0.6 is 0 Å². The summed E-state index contributed by atoms with van der Waals surface area (Å²) in [5, 5.41) is 2.73. The summed E-state index contributed by atoms with van der Waals surface area (Å²) in [5.41, 5.74) is 4.09. The van der Waals surface area contributed by atoms with Crippen molar-refractivity contribution >= 4 is 28.6 Å². The predicted octanol–water partition coefficient (Wildman–Crippen LogP) is 2.84. The van der Waals surface area contributed by atoms with Gasteiger partial charge in [0.15, 0.2) is 11.3 Å². The zero-order chi connectivity index (χ0) is 18.3. The Morgan fingerprint density at radius 1 is 1.23 bits per heavy atom. The highest BCUT2D eigenvalue weighted by molar-refractivity contribution is 6.03. The molecule has 2 amide bonds. The molecule has 0 radical (unpaired) electrons. The van der Waals surface area contributed by atoms with E-state index in [-0.39, 0.29) is 11.7 Å². The lowest BCUT2D eigenvalue weighted by atomic mass is 10.2. The van der Waals surface area contributed by atoms with Crippen LogP contribution in [0.3, 0.4) is 0 Å². The molecule has 6 nitrogen and oxygen atoms in total. The molecule has 0 fully saturated rings. The van der Waals surface area contributed by atoms with Gasteiger partial charge in [-0.05, 0) is 44.0 Å². The van der Waals surface area contributed by atoms with Gasteiger partial charge in [0.25, 0.3) is 5.91 Å². The van der Waals surface area contributed by atoms with E-state index in [9.17, 15) is 9.59 Å². The van der Waals surface area contributed by atoms with Gasteiger partial charge < -0.3 is 14.6 Å². The topological polar surface area (TPSA) is 75.4 Å².